The summed E-state index contributed by atoms with van der Waals surface area (Å²) in [5.41, 5.74) is 0.578. The minimum atomic E-state index is -0.460. The molecule has 1 aromatic rings. The fourth-order valence-electron chi connectivity index (χ4n) is 1.36. The van der Waals surface area contributed by atoms with E-state index in [1.165, 1.54) is 0 Å². The number of carbonyl (C=O) groups excluding carboxylic acids is 1. The van der Waals surface area contributed by atoms with Crippen LogP contribution in [0.1, 0.15) is 32.3 Å². The van der Waals surface area contributed by atoms with Gasteiger partial charge in [-0.3, -0.25) is 4.79 Å². The van der Waals surface area contributed by atoms with Gasteiger partial charge in [0.25, 0.3) is 0 Å². The zero-order valence-electron chi connectivity index (χ0n) is 11.8. The summed E-state index contributed by atoms with van der Waals surface area (Å²) in [5, 5.41) is 0.483. The van der Waals surface area contributed by atoms with Crippen LogP contribution >= 0.6 is 11.6 Å². The van der Waals surface area contributed by atoms with E-state index >= 15 is 0 Å². The van der Waals surface area contributed by atoms with Gasteiger partial charge in [-0.2, -0.15) is 17.7 Å². The molecule has 0 spiro atoms. The summed E-state index contributed by atoms with van der Waals surface area (Å²) in [6.45, 7) is 4.75. The van der Waals surface area contributed by atoms with Crippen molar-refractivity contribution in [2.75, 3.05) is 13.2 Å². The molecule has 0 aliphatic rings. The van der Waals surface area contributed by atoms with Gasteiger partial charge in [-0.25, -0.2) is 0 Å². The van der Waals surface area contributed by atoms with Gasteiger partial charge in [0.15, 0.2) is 0 Å². The van der Waals surface area contributed by atoms with Gasteiger partial charge in [-0.15, -0.1) is 17.7 Å². The Balaban J connectivity index is 0. The molecule has 0 saturated carbocycles. The predicted molar refractivity (Wildman–Crippen MR) is 77.0 cm³/mol. The van der Waals surface area contributed by atoms with Crippen LogP contribution in [0.4, 0.5) is 0 Å². The quantitative estimate of drug-likeness (QED) is 0.390. The molecule has 0 amide bonds. The van der Waals surface area contributed by atoms with E-state index in [4.69, 9.17) is 21.1 Å². The molecule has 1 rings (SSSR count). The van der Waals surface area contributed by atoms with E-state index in [9.17, 15) is 4.79 Å². The average molecular weight is 374 g/mol. The fraction of sp³-hybridized carbons (Fsp3) is 0.429. The summed E-state index contributed by atoms with van der Waals surface area (Å²) in [6, 6.07) is 7.09. The molecule has 0 aliphatic heterocycles. The van der Waals surface area contributed by atoms with Crippen LogP contribution in [0.2, 0.25) is 5.02 Å². The number of hydrogen-bond donors (Lipinski definition) is 0. The first-order valence-electron chi connectivity index (χ1n) is 6.12. The van der Waals surface area contributed by atoms with E-state index in [1.54, 1.807) is 18.2 Å². The molecule has 0 radical (unpaired) electrons. The van der Waals surface area contributed by atoms with E-state index in [2.05, 4.69) is 0 Å². The second kappa shape index (κ2) is 12.8. The maximum atomic E-state index is 11.9. The third-order valence-corrected chi connectivity index (χ3v) is 2.52. The summed E-state index contributed by atoms with van der Waals surface area (Å²) >= 11 is 6.07. The first kappa shape index (κ1) is 22.3. The monoisotopic (exact) mass is 372 g/mol. The number of rotatable bonds is 7. The van der Waals surface area contributed by atoms with Crippen molar-refractivity contribution >= 4 is 40.6 Å². The van der Waals surface area contributed by atoms with Crippen LogP contribution < -0.4 is 17.0 Å². The van der Waals surface area contributed by atoms with Crippen LogP contribution in [-0.2, 0) is 14.3 Å². The number of hydrogen-bond acceptors (Lipinski definition) is 3. The SMILES string of the molecule is CCCOC(=O)[C-](OCCC)c1ccccc1Cl.[Br-].[Mg+2]. The van der Waals surface area contributed by atoms with Crippen LogP contribution in [0.5, 0.6) is 0 Å². The Bertz CT molecular complexity index is 390. The molecule has 0 atom stereocenters. The number of benzene rings is 1. The Kier molecular flexibility index (Phi) is 14.3. The summed E-state index contributed by atoms with van der Waals surface area (Å²) in [4.78, 5) is 11.9. The second-order valence-corrected chi connectivity index (χ2v) is 4.20. The van der Waals surface area contributed by atoms with Crippen molar-refractivity contribution in [1.82, 2.24) is 0 Å². The van der Waals surface area contributed by atoms with Gasteiger partial charge in [0.05, 0.1) is 12.7 Å². The first-order chi connectivity index (χ1) is 8.70. The van der Waals surface area contributed by atoms with Crippen molar-refractivity contribution in [3.63, 3.8) is 0 Å². The van der Waals surface area contributed by atoms with Gasteiger partial charge in [0.1, 0.15) is 0 Å². The Morgan fingerprint density at radius 3 is 2.35 bits per heavy atom. The van der Waals surface area contributed by atoms with E-state index in [-0.39, 0.29) is 46.1 Å². The van der Waals surface area contributed by atoms with Crippen molar-refractivity contribution in [3.8, 4) is 0 Å². The standard InChI is InChI=1S/C14H18ClO3.BrH.Mg/c1-3-9-17-13(14(16)18-10-4-2)11-7-5-6-8-12(11)15;;/h5-8H,3-4,9-10H2,1-2H3;1H;/q-1;;+2/p-1. The zero-order chi connectivity index (χ0) is 13.4. The van der Waals surface area contributed by atoms with Gasteiger partial charge in [0, 0.05) is 6.61 Å². The van der Waals surface area contributed by atoms with Crippen LogP contribution in [0.25, 0.3) is 0 Å². The maximum absolute atomic E-state index is 11.9. The van der Waals surface area contributed by atoms with Crippen LogP contribution in [0.15, 0.2) is 24.3 Å². The summed E-state index contributed by atoms with van der Waals surface area (Å²) in [5.74, 6) is -0.460. The van der Waals surface area contributed by atoms with Crippen molar-refractivity contribution in [1.29, 1.82) is 0 Å². The van der Waals surface area contributed by atoms with Gasteiger partial charge in [-0.1, -0.05) is 24.9 Å². The topological polar surface area (TPSA) is 35.5 Å². The molecule has 20 heavy (non-hydrogen) atoms. The van der Waals surface area contributed by atoms with E-state index in [1.807, 2.05) is 19.9 Å². The predicted octanol–water partition coefficient (Wildman–Crippen LogP) is 0.223. The van der Waals surface area contributed by atoms with E-state index in [0.717, 1.165) is 12.8 Å². The summed E-state index contributed by atoms with van der Waals surface area (Å²) in [6.07, 6.45) is 1.78. The maximum Gasteiger partial charge on any atom is 2.00 e. The third kappa shape index (κ3) is 7.18. The fourth-order valence-corrected chi connectivity index (χ4v) is 1.58. The zero-order valence-corrected chi connectivity index (χ0v) is 15.6. The van der Waals surface area contributed by atoms with Gasteiger partial charge >= 0.3 is 29.0 Å². The number of ether oxygens (including phenoxy) is 2. The van der Waals surface area contributed by atoms with E-state index in [0.29, 0.717) is 23.8 Å². The number of carbonyl (C=O) groups is 1. The van der Waals surface area contributed by atoms with E-state index < -0.39 is 5.97 Å². The molecule has 0 N–H and O–H groups in total. The largest absolute Gasteiger partial charge is 2.00 e. The van der Waals surface area contributed by atoms with Crippen molar-refractivity contribution in [2.45, 2.75) is 26.7 Å². The summed E-state index contributed by atoms with van der Waals surface area (Å²) in [7, 11) is 0. The summed E-state index contributed by atoms with van der Waals surface area (Å²) < 4.78 is 10.6. The molecule has 1 aromatic carbocycles. The third-order valence-electron chi connectivity index (χ3n) is 2.19. The van der Waals surface area contributed by atoms with Crippen LogP contribution in [0.3, 0.4) is 0 Å². The average Bonchev–Trinajstić information content (AvgIpc) is 2.38. The Hall–Kier alpha value is 0.0562. The van der Waals surface area contributed by atoms with Gasteiger partial charge in [0.2, 0.25) is 0 Å². The normalized spacial score (nSPS) is 9.15. The van der Waals surface area contributed by atoms with Gasteiger partial charge in [-0.05, 0) is 12.8 Å². The van der Waals surface area contributed by atoms with Crippen molar-refractivity contribution in [2.24, 2.45) is 0 Å². The van der Waals surface area contributed by atoms with Crippen LogP contribution in [0, 0.1) is 6.10 Å². The first-order valence-corrected chi connectivity index (χ1v) is 6.50. The Labute approximate surface area is 152 Å². The molecule has 108 valence electrons. The van der Waals surface area contributed by atoms with Crippen molar-refractivity contribution < 1.29 is 31.2 Å². The number of esters is 1. The molecule has 0 fully saturated rings. The van der Waals surface area contributed by atoms with Crippen molar-refractivity contribution in [3.05, 3.63) is 41.0 Å². The second-order valence-electron chi connectivity index (χ2n) is 3.79. The molecule has 0 aliphatic carbocycles. The minimum Gasteiger partial charge on any atom is -1.00 e. The molecular weight excluding hydrogens is 356 g/mol. The number of halogens is 2. The minimum absolute atomic E-state index is 0. The smallest absolute Gasteiger partial charge is 1.00 e. The Morgan fingerprint density at radius 2 is 1.80 bits per heavy atom. The molecule has 0 saturated heterocycles. The molecule has 0 unspecified atom stereocenters. The molecular formula is C14H18BrClMgO3. The molecule has 3 nitrogen and oxygen atoms in total. The van der Waals surface area contributed by atoms with Gasteiger partial charge < -0.3 is 26.5 Å². The molecule has 0 bridgehead atoms. The Morgan fingerprint density at radius 1 is 1.20 bits per heavy atom. The molecule has 0 heterocycles. The molecule has 0 aromatic heterocycles. The molecule has 6 heteroatoms. The van der Waals surface area contributed by atoms with Crippen LogP contribution in [-0.4, -0.2) is 42.2 Å².